The van der Waals surface area contributed by atoms with Crippen molar-refractivity contribution in [3.05, 3.63) is 59.9 Å². The van der Waals surface area contributed by atoms with E-state index in [0.29, 0.717) is 43.6 Å². The number of likely N-dealkylation sites (tertiary alicyclic amines) is 1. The number of aromatic nitrogens is 2. The van der Waals surface area contributed by atoms with Crippen molar-refractivity contribution in [2.24, 2.45) is 0 Å². The predicted molar refractivity (Wildman–Crippen MR) is 107 cm³/mol. The third-order valence-corrected chi connectivity index (χ3v) is 4.94. The lowest BCUT2D eigenvalue weighted by molar-refractivity contribution is -0.128. The number of para-hydroxylation sites is 1. The fourth-order valence-corrected chi connectivity index (χ4v) is 3.55. The molecule has 7 heteroatoms. The highest BCUT2D eigenvalue weighted by Crippen LogP contribution is 2.32. The lowest BCUT2D eigenvalue weighted by Gasteiger charge is -2.16. The normalized spacial score (nSPS) is 16.3. The number of carbonyl (C=O) groups excluding carboxylic acids is 1. The zero-order valence-corrected chi connectivity index (χ0v) is 16.5. The van der Waals surface area contributed by atoms with E-state index in [4.69, 9.17) is 14.0 Å². The smallest absolute Gasteiger partial charge is 0.261 e. The molecule has 0 N–H and O–H groups in total. The Balaban J connectivity index is 1.47. The zero-order chi connectivity index (χ0) is 20.2. The van der Waals surface area contributed by atoms with E-state index < -0.39 is 0 Å². The molecule has 0 aliphatic carbocycles. The van der Waals surface area contributed by atoms with Crippen LogP contribution in [0.3, 0.4) is 0 Å². The van der Waals surface area contributed by atoms with Gasteiger partial charge in [-0.25, -0.2) is 0 Å². The molecule has 1 atom stereocenters. The van der Waals surface area contributed by atoms with E-state index in [-0.39, 0.29) is 11.8 Å². The van der Waals surface area contributed by atoms with E-state index in [1.54, 1.807) is 7.11 Å². The number of hydrogen-bond donors (Lipinski definition) is 0. The van der Waals surface area contributed by atoms with Gasteiger partial charge < -0.3 is 18.9 Å². The van der Waals surface area contributed by atoms with Crippen LogP contribution in [0.15, 0.2) is 53.1 Å². The SMILES string of the molecule is CCOc1cccc(CN2CC(c3noc(-c4ccccc4OC)n3)CC2=O)c1. The molecule has 1 unspecified atom stereocenters. The molecule has 0 radical (unpaired) electrons. The first kappa shape index (κ1) is 19.0. The van der Waals surface area contributed by atoms with Gasteiger partial charge in [0.15, 0.2) is 5.82 Å². The van der Waals surface area contributed by atoms with Gasteiger partial charge in [-0.1, -0.05) is 29.4 Å². The van der Waals surface area contributed by atoms with Gasteiger partial charge in [0, 0.05) is 25.4 Å². The Morgan fingerprint density at radius 1 is 1.21 bits per heavy atom. The molecule has 4 rings (SSSR count). The Bertz CT molecular complexity index is 1000. The van der Waals surface area contributed by atoms with Gasteiger partial charge >= 0.3 is 0 Å². The average molecular weight is 393 g/mol. The summed E-state index contributed by atoms with van der Waals surface area (Å²) in [5.74, 6) is 2.41. The largest absolute Gasteiger partial charge is 0.496 e. The number of hydrogen-bond acceptors (Lipinski definition) is 6. The summed E-state index contributed by atoms with van der Waals surface area (Å²) >= 11 is 0. The van der Waals surface area contributed by atoms with Crippen molar-refractivity contribution in [3.8, 4) is 23.0 Å². The number of amides is 1. The van der Waals surface area contributed by atoms with Gasteiger partial charge in [0.1, 0.15) is 11.5 Å². The second kappa shape index (κ2) is 8.34. The number of nitrogens with zero attached hydrogens (tertiary/aromatic N) is 3. The third kappa shape index (κ3) is 4.08. The van der Waals surface area contributed by atoms with Crippen molar-refractivity contribution in [3.63, 3.8) is 0 Å². The standard InChI is InChI=1S/C22H23N3O4/c1-3-28-17-8-6-7-15(11-17)13-25-14-16(12-20(25)26)21-23-22(29-24-21)18-9-4-5-10-19(18)27-2/h4-11,16H,3,12-14H2,1-2H3. The molecular formula is C22H23N3O4. The van der Waals surface area contributed by atoms with Crippen LogP contribution < -0.4 is 9.47 Å². The van der Waals surface area contributed by atoms with Gasteiger partial charge in [-0.2, -0.15) is 4.98 Å². The molecule has 0 bridgehead atoms. The van der Waals surface area contributed by atoms with Crippen molar-refractivity contribution in [1.29, 1.82) is 0 Å². The molecule has 1 aliphatic heterocycles. The first-order valence-corrected chi connectivity index (χ1v) is 9.64. The molecule has 1 amide bonds. The summed E-state index contributed by atoms with van der Waals surface area (Å²) < 4.78 is 16.4. The Morgan fingerprint density at radius 2 is 2.07 bits per heavy atom. The second-order valence-corrected chi connectivity index (χ2v) is 6.91. The number of rotatable bonds is 7. The Hall–Kier alpha value is -3.35. The van der Waals surface area contributed by atoms with Gasteiger partial charge in [0.25, 0.3) is 5.89 Å². The Labute approximate surface area is 169 Å². The lowest BCUT2D eigenvalue weighted by atomic mass is 10.1. The number of methoxy groups -OCH3 is 1. The van der Waals surface area contributed by atoms with Gasteiger partial charge in [-0.05, 0) is 36.8 Å². The monoisotopic (exact) mass is 393 g/mol. The van der Waals surface area contributed by atoms with Crippen LogP contribution in [0.2, 0.25) is 0 Å². The number of carbonyl (C=O) groups is 1. The van der Waals surface area contributed by atoms with Crippen LogP contribution in [0.25, 0.3) is 11.5 Å². The minimum Gasteiger partial charge on any atom is -0.496 e. The molecule has 1 fully saturated rings. The molecule has 1 aliphatic rings. The van der Waals surface area contributed by atoms with E-state index in [1.165, 1.54) is 0 Å². The van der Waals surface area contributed by atoms with Crippen LogP contribution in [0.4, 0.5) is 0 Å². The molecule has 0 spiro atoms. The maximum absolute atomic E-state index is 12.5. The van der Waals surface area contributed by atoms with Gasteiger partial charge in [0.2, 0.25) is 5.91 Å². The second-order valence-electron chi connectivity index (χ2n) is 6.91. The maximum Gasteiger partial charge on any atom is 0.261 e. The Morgan fingerprint density at radius 3 is 2.90 bits per heavy atom. The van der Waals surface area contributed by atoms with Gasteiger partial charge in [-0.3, -0.25) is 4.79 Å². The fourth-order valence-electron chi connectivity index (χ4n) is 3.55. The molecule has 150 valence electrons. The highest BCUT2D eigenvalue weighted by molar-refractivity contribution is 5.79. The highest BCUT2D eigenvalue weighted by Gasteiger charge is 2.34. The van der Waals surface area contributed by atoms with Crippen molar-refractivity contribution < 1.29 is 18.8 Å². The van der Waals surface area contributed by atoms with E-state index in [2.05, 4.69) is 10.1 Å². The summed E-state index contributed by atoms with van der Waals surface area (Å²) in [5.41, 5.74) is 1.77. The quantitative estimate of drug-likeness (QED) is 0.610. The minimum atomic E-state index is -0.0928. The van der Waals surface area contributed by atoms with Crippen molar-refractivity contribution >= 4 is 5.91 Å². The van der Waals surface area contributed by atoms with Crippen LogP contribution in [-0.2, 0) is 11.3 Å². The number of ether oxygens (including phenoxy) is 2. The molecule has 1 saturated heterocycles. The van der Waals surface area contributed by atoms with E-state index in [0.717, 1.165) is 16.9 Å². The van der Waals surface area contributed by atoms with Crippen molar-refractivity contribution in [2.75, 3.05) is 20.3 Å². The molecule has 1 aromatic heterocycles. The molecule has 29 heavy (non-hydrogen) atoms. The zero-order valence-electron chi connectivity index (χ0n) is 16.5. The van der Waals surface area contributed by atoms with Crippen LogP contribution >= 0.6 is 0 Å². The maximum atomic E-state index is 12.5. The first-order valence-electron chi connectivity index (χ1n) is 9.64. The third-order valence-electron chi connectivity index (χ3n) is 4.94. The van der Waals surface area contributed by atoms with Crippen LogP contribution in [0.1, 0.15) is 30.7 Å². The molecule has 0 saturated carbocycles. The minimum absolute atomic E-state index is 0.0838. The van der Waals surface area contributed by atoms with Gasteiger partial charge in [-0.15, -0.1) is 0 Å². The predicted octanol–water partition coefficient (Wildman–Crippen LogP) is 3.66. The average Bonchev–Trinajstić information content (AvgIpc) is 3.36. The topological polar surface area (TPSA) is 77.7 Å². The van der Waals surface area contributed by atoms with Crippen LogP contribution in [0.5, 0.6) is 11.5 Å². The van der Waals surface area contributed by atoms with Crippen molar-refractivity contribution in [2.45, 2.75) is 25.8 Å². The summed E-state index contributed by atoms with van der Waals surface area (Å²) in [5, 5.41) is 4.12. The molecule has 2 aromatic carbocycles. The lowest BCUT2D eigenvalue weighted by Crippen LogP contribution is -2.24. The van der Waals surface area contributed by atoms with E-state index >= 15 is 0 Å². The van der Waals surface area contributed by atoms with Crippen molar-refractivity contribution in [1.82, 2.24) is 15.0 Å². The summed E-state index contributed by atoms with van der Waals surface area (Å²) in [6.07, 6.45) is 0.371. The van der Waals surface area contributed by atoms with Crippen LogP contribution in [0, 0.1) is 0 Å². The number of benzene rings is 2. The summed E-state index contributed by atoms with van der Waals surface area (Å²) in [4.78, 5) is 18.9. The highest BCUT2D eigenvalue weighted by atomic mass is 16.5. The molecule has 3 aromatic rings. The molecule has 7 nitrogen and oxygen atoms in total. The fraction of sp³-hybridized carbons (Fsp3) is 0.318. The summed E-state index contributed by atoms with van der Waals surface area (Å²) in [7, 11) is 1.60. The van der Waals surface area contributed by atoms with E-state index in [9.17, 15) is 4.79 Å². The van der Waals surface area contributed by atoms with Crippen LogP contribution in [-0.4, -0.2) is 41.2 Å². The summed E-state index contributed by atoms with van der Waals surface area (Å²) in [6, 6.07) is 15.3. The van der Waals surface area contributed by atoms with E-state index in [1.807, 2.05) is 60.4 Å². The molecular weight excluding hydrogens is 370 g/mol. The molecule has 2 heterocycles. The Kier molecular flexibility index (Phi) is 5.46. The summed E-state index contributed by atoms with van der Waals surface area (Å²) in [6.45, 7) is 3.65. The first-order chi connectivity index (χ1) is 14.2. The van der Waals surface area contributed by atoms with Gasteiger partial charge in [0.05, 0.1) is 19.3 Å².